The van der Waals surface area contributed by atoms with Crippen molar-refractivity contribution in [2.24, 2.45) is 0 Å². The van der Waals surface area contributed by atoms with Gasteiger partial charge in [0.15, 0.2) is 0 Å². The normalized spacial score (nSPS) is 18.3. The van der Waals surface area contributed by atoms with Gasteiger partial charge in [-0.05, 0) is 61.6 Å². The zero-order chi connectivity index (χ0) is 21.0. The lowest BCUT2D eigenvalue weighted by molar-refractivity contribution is 0.285. The van der Waals surface area contributed by atoms with Crippen molar-refractivity contribution in [3.05, 3.63) is 64.7 Å². The molecule has 1 aromatic carbocycles. The maximum absolute atomic E-state index is 13.5. The molecule has 5 nitrogen and oxygen atoms in total. The van der Waals surface area contributed by atoms with Crippen molar-refractivity contribution in [2.45, 2.75) is 46.0 Å². The minimum absolute atomic E-state index is 0.0697. The maximum atomic E-state index is 13.5. The van der Waals surface area contributed by atoms with Crippen LogP contribution in [0.25, 0.3) is 0 Å². The smallest absolute Gasteiger partial charge is 0.258 e. The van der Waals surface area contributed by atoms with Gasteiger partial charge in [0, 0.05) is 43.5 Å². The van der Waals surface area contributed by atoms with E-state index in [2.05, 4.69) is 6.07 Å². The molecule has 0 radical (unpaired) electrons. The zero-order valence-electron chi connectivity index (χ0n) is 17.4. The number of aryl methyl sites for hydroxylation is 1. The van der Waals surface area contributed by atoms with Gasteiger partial charge in [-0.2, -0.15) is 17.0 Å². The Labute approximate surface area is 173 Å². The molecule has 1 fully saturated rings. The van der Waals surface area contributed by atoms with Crippen molar-refractivity contribution in [3.8, 4) is 0 Å². The van der Waals surface area contributed by atoms with Gasteiger partial charge >= 0.3 is 0 Å². The second-order valence-electron chi connectivity index (χ2n) is 7.64. The molecule has 0 spiro atoms. The fourth-order valence-corrected chi connectivity index (χ4v) is 5.78. The van der Waals surface area contributed by atoms with Gasteiger partial charge in [0.1, 0.15) is 5.82 Å². The van der Waals surface area contributed by atoms with Gasteiger partial charge < -0.3 is 0 Å². The third-order valence-electron chi connectivity index (χ3n) is 5.49. The van der Waals surface area contributed by atoms with Gasteiger partial charge in [0.2, 0.25) is 0 Å². The lowest BCUT2D eigenvalue weighted by Crippen LogP contribution is -2.47. The lowest BCUT2D eigenvalue weighted by Gasteiger charge is -2.35. The standard InChI is InChI=1S/C22H30FN3O2S/c1-4-25(5-2)29(27,28)26-11-7-9-20(16-26)22-15-19(12-17(3)24-22)13-18-8-6-10-21(23)14-18/h6,8,10,12,14-15,20H,4-5,7,9,11,13,16H2,1-3H3/t20-/m0/s1. The Morgan fingerprint density at radius 3 is 2.62 bits per heavy atom. The summed E-state index contributed by atoms with van der Waals surface area (Å²) < 4.78 is 42.5. The Hall–Kier alpha value is -1.83. The van der Waals surface area contributed by atoms with Crippen molar-refractivity contribution < 1.29 is 12.8 Å². The molecule has 1 aliphatic rings. The van der Waals surface area contributed by atoms with E-state index >= 15 is 0 Å². The highest BCUT2D eigenvalue weighted by atomic mass is 32.2. The van der Waals surface area contributed by atoms with E-state index in [9.17, 15) is 12.8 Å². The van der Waals surface area contributed by atoms with Crippen LogP contribution in [0.1, 0.15) is 55.1 Å². The molecule has 7 heteroatoms. The molecule has 0 aliphatic carbocycles. The van der Waals surface area contributed by atoms with Crippen LogP contribution in [-0.2, 0) is 16.6 Å². The van der Waals surface area contributed by atoms with Crippen LogP contribution in [0.4, 0.5) is 4.39 Å². The Bertz CT molecular complexity index is 945. The second kappa shape index (κ2) is 9.32. The molecule has 1 saturated heterocycles. The molecule has 1 aliphatic heterocycles. The average Bonchev–Trinajstić information content (AvgIpc) is 2.68. The quantitative estimate of drug-likeness (QED) is 0.684. The first-order valence-corrected chi connectivity index (χ1v) is 11.7. The first-order valence-electron chi connectivity index (χ1n) is 10.3. The molecule has 0 N–H and O–H groups in total. The summed E-state index contributed by atoms with van der Waals surface area (Å²) in [6, 6.07) is 10.7. The summed E-state index contributed by atoms with van der Waals surface area (Å²) in [6.07, 6.45) is 2.36. The van der Waals surface area contributed by atoms with Crippen LogP contribution in [0.5, 0.6) is 0 Å². The van der Waals surface area contributed by atoms with E-state index in [0.29, 0.717) is 32.6 Å². The summed E-state index contributed by atoms with van der Waals surface area (Å²) in [5.41, 5.74) is 3.81. The van der Waals surface area contributed by atoms with Gasteiger partial charge in [-0.25, -0.2) is 4.39 Å². The molecule has 2 aromatic rings. The molecule has 158 valence electrons. The summed E-state index contributed by atoms with van der Waals surface area (Å²) in [5.74, 6) is -0.168. The van der Waals surface area contributed by atoms with Crippen LogP contribution < -0.4 is 0 Å². The number of piperidine rings is 1. The van der Waals surface area contributed by atoms with E-state index in [0.717, 1.165) is 35.4 Å². The van der Waals surface area contributed by atoms with Gasteiger partial charge in [0.25, 0.3) is 10.2 Å². The molecule has 0 bridgehead atoms. The average molecular weight is 420 g/mol. The zero-order valence-corrected chi connectivity index (χ0v) is 18.3. The number of rotatable bonds is 7. The Morgan fingerprint density at radius 1 is 1.17 bits per heavy atom. The van der Waals surface area contributed by atoms with Crippen LogP contribution in [0, 0.1) is 12.7 Å². The highest BCUT2D eigenvalue weighted by Gasteiger charge is 2.33. The van der Waals surface area contributed by atoms with E-state index in [-0.39, 0.29) is 11.7 Å². The van der Waals surface area contributed by atoms with Crippen LogP contribution in [0.3, 0.4) is 0 Å². The summed E-state index contributed by atoms with van der Waals surface area (Å²) in [6.45, 7) is 7.63. The van der Waals surface area contributed by atoms with Crippen LogP contribution in [0.15, 0.2) is 36.4 Å². The topological polar surface area (TPSA) is 53.5 Å². The fraction of sp³-hybridized carbons (Fsp3) is 0.500. The fourth-order valence-electron chi connectivity index (χ4n) is 4.07. The number of hydrogen-bond acceptors (Lipinski definition) is 3. The molecule has 1 atom stereocenters. The van der Waals surface area contributed by atoms with Crippen LogP contribution >= 0.6 is 0 Å². The summed E-state index contributed by atoms with van der Waals surface area (Å²) in [4.78, 5) is 4.71. The monoisotopic (exact) mass is 419 g/mol. The number of hydrogen-bond donors (Lipinski definition) is 0. The van der Waals surface area contributed by atoms with E-state index < -0.39 is 10.2 Å². The van der Waals surface area contributed by atoms with Crippen molar-refractivity contribution >= 4 is 10.2 Å². The molecule has 0 amide bonds. The van der Waals surface area contributed by atoms with Gasteiger partial charge in [-0.3, -0.25) is 4.98 Å². The Morgan fingerprint density at radius 2 is 1.93 bits per heavy atom. The third kappa shape index (κ3) is 5.21. The molecule has 1 aromatic heterocycles. The highest BCUT2D eigenvalue weighted by molar-refractivity contribution is 7.86. The number of pyridine rings is 1. The minimum Gasteiger partial charge on any atom is -0.258 e. The predicted octanol–water partition coefficient (Wildman–Crippen LogP) is 3.89. The molecule has 0 unspecified atom stereocenters. The van der Waals surface area contributed by atoms with Crippen molar-refractivity contribution in [3.63, 3.8) is 0 Å². The molecule has 29 heavy (non-hydrogen) atoms. The second-order valence-corrected chi connectivity index (χ2v) is 9.57. The van der Waals surface area contributed by atoms with Gasteiger partial charge in [-0.1, -0.05) is 26.0 Å². The Balaban J connectivity index is 1.82. The summed E-state index contributed by atoms with van der Waals surface area (Å²) in [7, 11) is -3.44. The van der Waals surface area contributed by atoms with Crippen molar-refractivity contribution in [1.29, 1.82) is 0 Å². The molecular formula is C22H30FN3O2S. The van der Waals surface area contributed by atoms with E-state index in [4.69, 9.17) is 4.98 Å². The molecule has 2 heterocycles. The van der Waals surface area contributed by atoms with E-state index in [1.807, 2.05) is 32.9 Å². The highest BCUT2D eigenvalue weighted by Crippen LogP contribution is 2.29. The molecular weight excluding hydrogens is 389 g/mol. The van der Waals surface area contributed by atoms with Gasteiger partial charge in [0.05, 0.1) is 0 Å². The van der Waals surface area contributed by atoms with Crippen molar-refractivity contribution in [2.75, 3.05) is 26.2 Å². The van der Waals surface area contributed by atoms with Crippen molar-refractivity contribution in [1.82, 2.24) is 13.6 Å². The lowest BCUT2D eigenvalue weighted by atomic mass is 9.93. The van der Waals surface area contributed by atoms with Crippen LogP contribution in [0.2, 0.25) is 0 Å². The number of halogens is 1. The number of nitrogens with zero attached hydrogens (tertiary/aromatic N) is 3. The third-order valence-corrected chi connectivity index (χ3v) is 7.64. The van der Waals surface area contributed by atoms with E-state index in [1.165, 1.54) is 10.4 Å². The summed E-state index contributed by atoms with van der Waals surface area (Å²) >= 11 is 0. The molecule has 3 rings (SSSR count). The summed E-state index contributed by atoms with van der Waals surface area (Å²) in [5, 5.41) is 0. The molecule has 0 saturated carbocycles. The SMILES string of the molecule is CCN(CC)S(=O)(=O)N1CCC[C@H](c2cc(Cc3cccc(F)c3)cc(C)n2)C1. The largest absolute Gasteiger partial charge is 0.281 e. The first-order chi connectivity index (χ1) is 13.8. The van der Waals surface area contributed by atoms with Crippen LogP contribution in [-0.4, -0.2) is 48.2 Å². The van der Waals surface area contributed by atoms with Gasteiger partial charge in [-0.15, -0.1) is 0 Å². The minimum atomic E-state index is -3.44. The maximum Gasteiger partial charge on any atom is 0.281 e. The number of benzene rings is 1. The van der Waals surface area contributed by atoms with E-state index in [1.54, 1.807) is 16.4 Å². The first kappa shape index (κ1) is 21.9. The number of aromatic nitrogens is 1. The predicted molar refractivity (Wildman–Crippen MR) is 114 cm³/mol. The Kier molecular flexibility index (Phi) is 7.03.